The van der Waals surface area contributed by atoms with E-state index in [-0.39, 0.29) is 24.7 Å². The summed E-state index contributed by atoms with van der Waals surface area (Å²) in [4.78, 5) is 0. The van der Waals surface area contributed by atoms with Gasteiger partial charge in [-0.15, -0.1) is 0 Å². The molecule has 2 aromatic rings. The van der Waals surface area contributed by atoms with E-state index in [0.717, 1.165) is 5.56 Å². The van der Waals surface area contributed by atoms with Gasteiger partial charge >= 0.3 is 0 Å². The minimum atomic E-state index is -1.47. The smallest absolute Gasteiger partial charge is 0.229 e. The number of hydrogen-bond donors (Lipinski definition) is 6. The zero-order valence-corrected chi connectivity index (χ0v) is 19.6. The van der Waals surface area contributed by atoms with Crippen LogP contribution in [0.15, 0.2) is 30.3 Å². The molecule has 0 saturated carbocycles. The Hall–Kier alpha value is -2.60. The van der Waals surface area contributed by atoms with Crippen LogP contribution < -0.4 is 14.2 Å². The molecule has 0 spiro atoms. The Morgan fingerprint density at radius 3 is 2.43 bits per heavy atom. The van der Waals surface area contributed by atoms with Gasteiger partial charge in [0, 0.05) is 12.2 Å². The highest BCUT2D eigenvalue weighted by Crippen LogP contribution is 2.51. The molecule has 0 unspecified atom stereocenters. The van der Waals surface area contributed by atoms with Gasteiger partial charge in [-0.3, -0.25) is 0 Å². The highest BCUT2D eigenvalue weighted by molar-refractivity contribution is 5.55. The van der Waals surface area contributed by atoms with Crippen LogP contribution in [0.1, 0.15) is 42.1 Å². The number of rotatable bonds is 8. The minimum Gasteiger partial charge on any atom is -0.504 e. The van der Waals surface area contributed by atoms with Crippen LogP contribution in [0.2, 0.25) is 0 Å². The SMILES string of the molecule is COc1cc([C@H]2Oc3c(O)cc(CCCO)cc3[C@@H]2CO)ccc1O[C@@H]1O[C@@H](C)[C@H](O)[C@@H](O)[C@H]1O. The standard InChI is InChI=1S/C25H32O10/c1-12-20(29)21(30)22(31)25(33-12)34-18-6-5-14(10-19(18)32-2)23-16(11-27)15-8-13(4-3-7-26)9-17(28)24(15)35-23/h5-6,8-10,12,16,20-23,25-31H,3-4,7,11H2,1-2H3/t12-,16-,20-,21+,22+,23+,25-/m0/s1. The molecule has 2 aliphatic rings. The van der Waals surface area contributed by atoms with Crippen LogP contribution in [-0.4, -0.2) is 81.7 Å². The van der Waals surface area contributed by atoms with Gasteiger partial charge in [-0.1, -0.05) is 12.1 Å². The molecule has 0 radical (unpaired) electrons. The number of aliphatic hydroxyl groups excluding tert-OH is 5. The van der Waals surface area contributed by atoms with Crippen molar-refractivity contribution < 1.29 is 49.6 Å². The summed E-state index contributed by atoms with van der Waals surface area (Å²) in [5.74, 6) is 0.377. The summed E-state index contributed by atoms with van der Waals surface area (Å²) >= 11 is 0. The van der Waals surface area contributed by atoms with E-state index in [0.29, 0.717) is 35.5 Å². The fourth-order valence-corrected chi connectivity index (χ4v) is 4.59. The molecule has 2 heterocycles. The van der Waals surface area contributed by atoms with E-state index < -0.39 is 42.7 Å². The van der Waals surface area contributed by atoms with Crippen molar-refractivity contribution in [3.63, 3.8) is 0 Å². The Morgan fingerprint density at radius 2 is 1.74 bits per heavy atom. The number of methoxy groups -OCH3 is 1. The Balaban J connectivity index is 1.58. The van der Waals surface area contributed by atoms with Crippen molar-refractivity contribution in [3.05, 3.63) is 47.0 Å². The highest BCUT2D eigenvalue weighted by Gasteiger charge is 2.43. The van der Waals surface area contributed by atoms with Crippen LogP contribution in [0.25, 0.3) is 0 Å². The second-order valence-corrected chi connectivity index (χ2v) is 8.90. The van der Waals surface area contributed by atoms with Crippen molar-refractivity contribution >= 4 is 0 Å². The number of fused-ring (bicyclic) bond motifs is 1. The van der Waals surface area contributed by atoms with E-state index >= 15 is 0 Å². The minimum absolute atomic E-state index is 0.0263. The third-order valence-electron chi connectivity index (χ3n) is 6.56. The Bertz CT molecular complexity index is 1030. The quantitative estimate of drug-likeness (QED) is 0.310. The number of benzene rings is 2. The molecular formula is C25H32O10. The van der Waals surface area contributed by atoms with Crippen molar-refractivity contribution in [1.82, 2.24) is 0 Å². The van der Waals surface area contributed by atoms with Crippen molar-refractivity contribution in [2.24, 2.45) is 0 Å². The summed E-state index contributed by atoms with van der Waals surface area (Å²) in [6.07, 6.45) is -5.60. The Kier molecular flexibility index (Phi) is 7.70. The van der Waals surface area contributed by atoms with Gasteiger partial charge in [-0.25, -0.2) is 0 Å². The Morgan fingerprint density at radius 1 is 0.971 bits per heavy atom. The predicted molar refractivity (Wildman–Crippen MR) is 123 cm³/mol. The third-order valence-corrected chi connectivity index (χ3v) is 6.56. The maximum absolute atomic E-state index is 10.5. The van der Waals surface area contributed by atoms with Crippen molar-refractivity contribution in [1.29, 1.82) is 0 Å². The lowest BCUT2D eigenvalue weighted by Crippen LogP contribution is -2.58. The predicted octanol–water partition coefficient (Wildman–Crippen LogP) is 0.742. The van der Waals surface area contributed by atoms with Gasteiger partial charge in [-0.2, -0.15) is 0 Å². The molecule has 4 rings (SSSR count). The number of phenols is 1. The molecule has 0 aliphatic carbocycles. The summed E-state index contributed by atoms with van der Waals surface area (Å²) < 4.78 is 22.8. The van der Waals surface area contributed by atoms with Crippen molar-refractivity contribution in [2.75, 3.05) is 20.3 Å². The normalized spacial score (nSPS) is 30.0. The maximum atomic E-state index is 10.5. The monoisotopic (exact) mass is 492 g/mol. The first-order valence-corrected chi connectivity index (χ1v) is 11.6. The molecular weight excluding hydrogens is 460 g/mol. The van der Waals surface area contributed by atoms with Crippen LogP contribution in [0.4, 0.5) is 0 Å². The zero-order valence-electron chi connectivity index (χ0n) is 19.6. The average Bonchev–Trinajstić information content (AvgIpc) is 3.24. The number of hydrogen-bond acceptors (Lipinski definition) is 10. The summed E-state index contributed by atoms with van der Waals surface area (Å²) in [7, 11) is 1.44. The first-order valence-electron chi connectivity index (χ1n) is 11.6. The number of phenolic OH excluding ortho intramolecular Hbond substituents is 1. The fourth-order valence-electron chi connectivity index (χ4n) is 4.59. The summed E-state index contributed by atoms with van der Waals surface area (Å²) in [5, 5.41) is 60.0. The molecule has 1 fully saturated rings. The lowest BCUT2D eigenvalue weighted by atomic mass is 9.90. The largest absolute Gasteiger partial charge is 0.504 e. The van der Waals surface area contributed by atoms with Gasteiger partial charge in [0.2, 0.25) is 6.29 Å². The highest BCUT2D eigenvalue weighted by atomic mass is 16.7. The molecule has 7 atom stereocenters. The van der Waals surface area contributed by atoms with Gasteiger partial charge in [0.1, 0.15) is 24.4 Å². The van der Waals surface area contributed by atoms with E-state index in [1.54, 1.807) is 31.2 Å². The Labute approximate surface area is 202 Å². The summed E-state index contributed by atoms with van der Waals surface area (Å²) in [5.41, 5.74) is 2.19. The first kappa shape index (κ1) is 25.5. The molecule has 35 heavy (non-hydrogen) atoms. The lowest BCUT2D eigenvalue weighted by Gasteiger charge is -2.39. The first-order chi connectivity index (χ1) is 16.8. The van der Waals surface area contributed by atoms with E-state index in [2.05, 4.69) is 0 Å². The number of aliphatic hydroxyl groups is 5. The van der Waals surface area contributed by atoms with Gasteiger partial charge in [0.15, 0.2) is 23.0 Å². The molecule has 0 bridgehead atoms. The maximum Gasteiger partial charge on any atom is 0.229 e. The number of ether oxygens (including phenoxy) is 4. The van der Waals surface area contributed by atoms with Gasteiger partial charge < -0.3 is 49.6 Å². The van der Waals surface area contributed by atoms with Crippen LogP contribution in [-0.2, 0) is 11.2 Å². The zero-order chi connectivity index (χ0) is 25.3. The number of aromatic hydroxyl groups is 1. The topological polar surface area (TPSA) is 158 Å². The molecule has 1 saturated heterocycles. The van der Waals surface area contributed by atoms with E-state index in [1.807, 2.05) is 6.07 Å². The van der Waals surface area contributed by atoms with E-state index in [1.165, 1.54) is 7.11 Å². The third kappa shape index (κ3) is 4.90. The van der Waals surface area contributed by atoms with Crippen molar-refractivity contribution in [3.8, 4) is 23.0 Å². The summed E-state index contributed by atoms with van der Waals surface area (Å²) in [6.45, 7) is 1.38. The molecule has 6 N–H and O–H groups in total. The van der Waals surface area contributed by atoms with Crippen LogP contribution in [0.3, 0.4) is 0 Å². The molecule has 10 heteroatoms. The molecule has 2 aliphatic heterocycles. The van der Waals surface area contributed by atoms with Crippen LogP contribution in [0.5, 0.6) is 23.0 Å². The molecule has 2 aromatic carbocycles. The van der Waals surface area contributed by atoms with E-state index in [4.69, 9.17) is 24.1 Å². The fraction of sp³-hybridized carbons (Fsp3) is 0.520. The molecule has 192 valence electrons. The van der Waals surface area contributed by atoms with E-state index in [9.17, 15) is 25.5 Å². The molecule has 10 nitrogen and oxygen atoms in total. The van der Waals surface area contributed by atoms with Gasteiger partial charge in [-0.05, 0) is 49.1 Å². The van der Waals surface area contributed by atoms with Crippen LogP contribution >= 0.6 is 0 Å². The molecule has 0 amide bonds. The molecule has 0 aromatic heterocycles. The van der Waals surface area contributed by atoms with Crippen molar-refractivity contribution in [2.45, 2.75) is 62.5 Å². The van der Waals surface area contributed by atoms with Gasteiger partial charge in [0.25, 0.3) is 0 Å². The number of aryl methyl sites for hydroxylation is 1. The van der Waals surface area contributed by atoms with Gasteiger partial charge in [0.05, 0.1) is 25.7 Å². The lowest BCUT2D eigenvalue weighted by molar-refractivity contribution is -0.268. The van der Waals surface area contributed by atoms with Crippen LogP contribution in [0, 0.1) is 0 Å². The average molecular weight is 493 g/mol. The second-order valence-electron chi connectivity index (χ2n) is 8.90. The second kappa shape index (κ2) is 10.6. The summed E-state index contributed by atoms with van der Waals surface area (Å²) in [6, 6.07) is 8.46.